The number of aryl methyl sites for hydroxylation is 1. The summed E-state index contributed by atoms with van der Waals surface area (Å²) in [7, 11) is 0. The van der Waals surface area contributed by atoms with Crippen LogP contribution in [0.3, 0.4) is 0 Å². The number of carbonyl (C=O) groups excluding carboxylic acids is 4. The highest BCUT2D eigenvalue weighted by molar-refractivity contribution is 5.94. The summed E-state index contributed by atoms with van der Waals surface area (Å²) >= 11 is 0. The standard InChI is InChI=1S/C24H38N4O6/c1-8-12-28(22(32)17(13-18(25)29)27-23(33)34-24(5,6)7)19(21(31)26-14(2)3)16-11-9-10-15(4)20(16)30/h9-11,14,17,19,30H,8,12-13H2,1-7H3,(H2,25,29)(H,26,31)(H,27,33). The fourth-order valence-electron chi connectivity index (χ4n) is 3.38. The smallest absolute Gasteiger partial charge is 0.408 e. The van der Waals surface area contributed by atoms with Gasteiger partial charge in [0.1, 0.15) is 23.4 Å². The first-order valence-electron chi connectivity index (χ1n) is 11.3. The molecule has 1 rings (SSSR count). The van der Waals surface area contributed by atoms with Crippen molar-refractivity contribution in [3.05, 3.63) is 29.3 Å². The number of hydrogen-bond acceptors (Lipinski definition) is 6. The zero-order valence-corrected chi connectivity index (χ0v) is 21.1. The molecule has 0 spiro atoms. The number of nitrogens with two attached hydrogens (primary N) is 1. The number of phenols is 1. The van der Waals surface area contributed by atoms with Crippen molar-refractivity contribution in [2.24, 2.45) is 5.73 Å². The molecule has 4 amide bonds. The number of nitrogens with one attached hydrogen (secondary N) is 2. The number of amides is 4. The molecule has 2 atom stereocenters. The first-order chi connectivity index (χ1) is 15.7. The first-order valence-corrected chi connectivity index (χ1v) is 11.3. The fourth-order valence-corrected chi connectivity index (χ4v) is 3.38. The Bertz CT molecular complexity index is 894. The van der Waals surface area contributed by atoms with Crippen LogP contribution in [0.4, 0.5) is 4.79 Å². The van der Waals surface area contributed by atoms with E-state index in [0.717, 1.165) is 0 Å². The van der Waals surface area contributed by atoms with Crippen LogP contribution in [0.2, 0.25) is 0 Å². The second kappa shape index (κ2) is 12.2. The minimum atomic E-state index is -1.36. The van der Waals surface area contributed by atoms with E-state index in [1.165, 1.54) is 4.90 Å². The van der Waals surface area contributed by atoms with Crippen LogP contribution in [-0.2, 0) is 19.1 Å². The van der Waals surface area contributed by atoms with Crippen molar-refractivity contribution in [1.29, 1.82) is 0 Å². The Morgan fingerprint density at radius 3 is 2.26 bits per heavy atom. The van der Waals surface area contributed by atoms with Crippen molar-refractivity contribution in [3.63, 3.8) is 0 Å². The molecule has 0 heterocycles. The van der Waals surface area contributed by atoms with E-state index in [-0.39, 0.29) is 23.9 Å². The molecule has 0 aliphatic carbocycles. The molecule has 5 N–H and O–H groups in total. The van der Waals surface area contributed by atoms with Gasteiger partial charge in [0.15, 0.2) is 0 Å². The summed E-state index contributed by atoms with van der Waals surface area (Å²) in [6.45, 7) is 12.1. The third-order valence-corrected chi connectivity index (χ3v) is 4.70. The number of hydrogen-bond donors (Lipinski definition) is 4. The predicted octanol–water partition coefficient (Wildman–Crippen LogP) is 2.27. The average molecular weight is 479 g/mol. The van der Waals surface area contributed by atoms with E-state index in [9.17, 15) is 24.3 Å². The molecule has 0 bridgehead atoms. The summed E-state index contributed by atoms with van der Waals surface area (Å²) in [4.78, 5) is 52.3. The van der Waals surface area contributed by atoms with Gasteiger partial charge in [0.2, 0.25) is 17.7 Å². The van der Waals surface area contributed by atoms with Gasteiger partial charge >= 0.3 is 6.09 Å². The number of para-hydroxylation sites is 1. The number of phenolic OH excluding ortho intramolecular Hbond substituents is 1. The molecule has 0 aromatic heterocycles. The highest BCUT2D eigenvalue weighted by atomic mass is 16.6. The molecule has 0 fully saturated rings. The summed E-state index contributed by atoms with van der Waals surface area (Å²) in [6.07, 6.45) is -0.916. The largest absolute Gasteiger partial charge is 0.507 e. The molecule has 34 heavy (non-hydrogen) atoms. The third kappa shape index (κ3) is 8.57. The SMILES string of the molecule is CCCN(C(=O)C(CC(N)=O)NC(=O)OC(C)(C)C)C(C(=O)NC(C)C)c1cccc(C)c1O. The first kappa shape index (κ1) is 28.7. The van der Waals surface area contributed by atoms with Gasteiger partial charge in [-0.3, -0.25) is 14.4 Å². The van der Waals surface area contributed by atoms with Crippen LogP contribution in [0.25, 0.3) is 0 Å². The number of nitrogens with zero attached hydrogens (tertiary/aromatic N) is 1. The van der Waals surface area contributed by atoms with Gasteiger partial charge in [-0.2, -0.15) is 0 Å². The number of benzene rings is 1. The van der Waals surface area contributed by atoms with Gasteiger partial charge in [-0.15, -0.1) is 0 Å². The zero-order valence-electron chi connectivity index (χ0n) is 21.1. The summed E-state index contributed by atoms with van der Waals surface area (Å²) in [5.41, 5.74) is 5.27. The van der Waals surface area contributed by atoms with Gasteiger partial charge in [0, 0.05) is 18.2 Å². The van der Waals surface area contributed by atoms with Crippen molar-refractivity contribution in [1.82, 2.24) is 15.5 Å². The van der Waals surface area contributed by atoms with Crippen molar-refractivity contribution >= 4 is 23.8 Å². The van der Waals surface area contributed by atoms with E-state index in [1.807, 2.05) is 6.92 Å². The average Bonchev–Trinajstić information content (AvgIpc) is 2.67. The van der Waals surface area contributed by atoms with E-state index in [2.05, 4.69) is 10.6 Å². The summed E-state index contributed by atoms with van der Waals surface area (Å²) in [5, 5.41) is 15.9. The molecule has 1 aromatic rings. The maximum absolute atomic E-state index is 13.7. The molecule has 0 aliphatic rings. The van der Waals surface area contributed by atoms with Crippen LogP contribution in [0.1, 0.15) is 71.6 Å². The van der Waals surface area contributed by atoms with Crippen LogP contribution in [0.5, 0.6) is 5.75 Å². The second-order valence-electron chi connectivity index (χ2n) is 9.48. The summed E-state index contributed by atoms with van der Waals surface area (Å²) in [6, 6.07) is 2.12. The van der Waals surface area contributed by atoms with Crippen molar-refractivity contribution in [2.75, 3.05) is 6.54 Å². The number of alkyl carbamates (subject to hydrolysis) is 1. The molecule has 190 valence electrons. The van der Waals surface area contributed by atoms with Crippen molar-refractivity contribution in [2.45, 2.75) is 85.0 Å². The Kier molecular flexibility index (Phi) is 10.3. The van der Waals surface area contributed by atoms with Gasteiger partial charge in [0.05, 0.1) is 6.42 Å². The number of rotatable bonds is 10. The minimum Gasteiger partial charge on any atom is -0.507 e. The Hall–Kier alpha value is -3.30. The van der Waals surface area contributed by atoms with Crippen molar-refractivity contribution in [3.8, 4) is 5.75 Å². The van der Waals surface area contributed by atoms with E-state index in [0.29, 0.717) is 12.0 Å². The molecular weight excluding hydrogens is 440 g/mol. The molecule has 0 saturated carbocycles. The van der Waals surface area contributed by atoms with Crippen LogP contribution in [-0.4, -0.2) is 58.1 Å². The van der Waals surface area contributed by atoms with Gasteiger partial charge < -0.3 is 31.1 Å². The van der Waals surface area contributed by atoms with E-state index >= 15 is 0 Å². The highest BCUT2D eigenvalue weighted by Gasteiger charge is 2.38. The zero-order chi connectivity index (χ0) is 26.2. The van der Waals surface area contributed by atoms with E-state index in [1.54, 1.807) is 59.7 Å². The summed E-state index contributed by atoms with van der Waals surface area (Å²) < 4.78 is 5.23. The Labute approximate surface area is 201 Å². The van der Waals surface area contributed by atoms with Gasteiger partial charge in [-0.25, -0.2) is 4.79 Å². The second-order valence-corrected chi connectivity index (χ2v) is 9.48. The van der Waals surface area contributed by atoms with Crippen LogP contribution in [0, 0.1) is 6.92 Å². The molecule has 10 heteroatoms. The molecule has 0 radical (unpaired) electrons. The molecule has 2 unspecified atom stereocenters. The number of aromatic hydroxyl groups is 1. The van der Waals surface area contributed by atoms with Gasteiger partial charge in [-0.05, 0) is 53.5 Å². The van der Waals surface area contributed by atoms with Crippen LogP contribution >= 0.6 is 0 Å². The molecule has 0 aliphatic heterocycles. The quantitative estimate of drug-likeness (QED) is 0.405. The number of carbonyl (C=O) groups is 4. The Balaban J connectivity index is 3.51. The van der Waals surface area contributed by atoms with Gasteiger partial charge in [0.25, 0.3) is 0 Å². The monoisotopic (exact) mass is 478 g/mol. The highest BCUT2D eigenvalue weighted by Crippen LogP contribution is 2.32. The molecular formula is C24H38N4O6. The number of primary amides is 1. The van der Waals surface area contributed by atoms with Crippen molar-refractivity contribution < 1.29 is 29.0 Å². The Morgan fingerprint density at radius 2 is 1.76 bits per heavy atom. The number of ether oxygens (including phenoxy) is 1. The Morgan fingerprint density at radius 1 is 1.15 bits per heavy atom. The normalized spacial score (nSPS) is 13.1. The molecule has 0 saturated heterocycles. The minimum absolute atomic E-state index is 0.119. The third-order valence-electron chi connectivity index (χ3n) is 4.70. The summed E-state index contributed by atoms with van der Waals surface area (Å²) in [5.74, 6) is -2.14. The maximum Gasteiger partial charge on any atom is 0.408 e. The lowest BCUT2D eigenvalue weighted by molar-refractivity contribution is -0.143. The lowest BCUT2D eigenvalue weighted by Gasteiger charge is -2.34. The lowest BCUT2D eigenvalue weighted by atomic mass is 9.98. The maximum atomic E-state index is 13.7. The van der Waals surface area contributed by atoms with Crippen LogP contribution in [0.15, 0.2) is 18.2 Å². The van der Waals surface area contributed by atoms with Gasteiger partial charge in [-0.1, -0.05) is 25.1 Å². The van der Waals surface area contributed by atoms with Crippen LogP contribution < -0.4 is 16.4 Å². The van der Waals surface area contributed by atoms with E-state index in [4.69, 9.17) is 10.5 Å². The lowest BCUT2D eigenvalue weighted by Crippen LogP contribution is -2.54. The predicted molar refractivity (Wildman–Crippen MR) is 128 cm³/mol. The topological polar surface area (TPSA) is 151 Å². The molecule has 1 aromatic carbocycles. The fraction of sp³-hybridized carbons (Fsp3) is 0.583. The molecule has 10 nitrogen and oxygen atoms in total. The van der Waals surface area contributed by atoms with E-state index < -0.39 is 47.9 Å².